The maximum absolute atomic E-state index is 13.1. The van der Waals surface area contributed by atoms with Gasteiger partial charge in [-0.25, -0.2) is 0 Å². The number of rotatable bonds is 2. The Bertz CT molecular complexity index is 1040. The molecule has 2 heteroatoms. The molecule has 0 aliphatic rings. The zero-order valence-electron chi connectivity index (χ0n) is 12.4. The smallest absolute Gasteiger partial charge is 0.194 e. The minimum atomic E-state index is -0.0296. The molecule has 0 saturated carbocycles. The first kappa shape index (κ1) is 13.5. The first-order chi connectivity index (χ1) is 11.3. The molecule has 1 N–H and O–H groups in total. The molecule has 2 nitrogen and oxygen atoms in total. The van der Waals surface area contributed by atoms with E-state index in [9.17, 15) is 9.90 Å². The number of benzene rings is 4. The van der Waals surface area contributed by atoms with Crippen LogP contribution in [0.5, 0.6) is 5.75 Å². The van der Waals surface area contributed by atoms with Gasteiger partial charge in [0.25, 0.3) is 0 Å². The van der Waals surface area contributed by atoms with Gasteiger partial charge in [-0.05, 0) is 28.3 Å². The molecule has 0 bridgehead atoms. The monoisotopic (exact) mass is 298 g/mol. The number of phenols is 1. The summed E-state index contributed by atoms with van der Waals surface area (Å²) in [5, 5.41) is 13.5. The maximum atomic E-state index is 13.1. The zero-order chi connectivity index (χ0) is 15.8. The molecule has 23 heavy (non-hydrogen) atoms. The van der Waals surface area contributed by atoms with E-state index in [1.165, 1.54) is 0 Å². The summed E-state index contributed by atoms with van der Waals surface area (Å²) in [5.41, 5.74) is 1.29. The van der Waals surface area contributed by atoms with Gasteiger partial charge in [-0.2, -0.15) is 0 Å². The number of carbonyl (C=O) groups excluding carboxylic acids is 1. The molecular formula is C21H14O2. The lowest BCUT2D eigenvalue weighted by molar-refractivity contribution is 0.104. The Hall–Kier alpha value is -3.13. The summed E-state index contributed by atoms with van der Waals surface area (Å²) in [6.45, 7) is 0. The minimum absolute atomic E-state index is 0.0296. The van der Waals surface area contributed by atoms with Gasteiger partial charge in [-0.1, -0.05) is 66.7 Å². The van der Waals surface area contributed by atoms with Gasteiger partial charge < -0.3 is 5.11 Å². The summed E-state index contributed by atoms with van der Waals surface area (Å²) < 4.78 is 0. The van der Waals surface area contributed by atoms with E-state index in [1.54, 1.807) is 12.1 Å². The third kappa shape index (κ3) is 2.16. The first-order valence-electron chi connectivity index (χ1n) is 7.49. The van der Waals surface area contributed by atoms with Crippen LogP contribution in [-0.4, -0.2) is 10.9 Å². The fraction of sp³-hybridized carbons (Fsp3) is 0. The molecule has 0 fully saturated rings. The second kappa shape index (κ2) is 5.25. The number of carbonyl (C=O) groups is 1. The zero-order valence-corrected chi connectivity index (χ0v) is 12.4. The third-order valence-electron chi connectivity index (χ3n) is 4.18. The van der Waals surface area contributed by atoms with E-state index in [2.05, 4.69) is 0 Å². The van der Waals surface area contributed by atoms with Crippen molar-refractivity contribution < 1.29 is 9.90 Å². The lowest BCUT2D eigenvalue weighted by Gasteiger charge is -2.09. The highest BCUT2D eigenvalue weighted by molar-refractivity contribution is 6.21. The molecule has 0 aromatic heterocycles. The average Bonchev–Trinajstić information content (AvgIpc) is 2.61. The molecule has 0 radical (unpaired) electrons. The van der Waals surface area contributed by atoms with Crippen molar-refractivity contribution >= 4 is 27.3 Å². The fourth-order valence-corrected chi connectivity index (χ4v) is 3.05. The molecule has 0 aliphatic heterocycles. The quantitative estimate of drug-likeness (QED) is 0.533. The van der Waals surface area contributed by atoms with Crippen LogP contribution in [-0.2, 0) is 0 Å². The summed E-state index contributed by atoms with van der Waals surface area (Å²) in [4.78, 5) is 13.1. The van der Waals surface area contributed by atoms with Gasteiger partial charge in [0.05, 0.1) is 0 Å². The number of fused-ring (bicyclic) bond motifs is 2. The lowest BCUT2D eigenvalue weighted by atomic mass is 9.93. The molecule has 0 atom stereocenters. The standard InChI is InChI=1S/C21H14O2/c22-20-13-12-19(16-9-3-4-10-17(16)20)21(23)18-11-5-7-14-6-1-2-8-15(14)18/h1-13,22H. The topological polar surface area (TPSA) is 37.3 Å². The average molecular weight is 298 g/mol. The van der Waals surface area contributed by atoms with Gasteiger partial charge >= 0.3 is 0 Å². The van der Waals surface area contributed by atoms with Crippen molar-refractivity contribution in [3.63, 3.8) is 0 Å². The van der Waals surface area contributed by atoms with Crippen molar-refractivity contribution in [3.8, 4) is 5.75 Å². The largest absolute Gasteiger partial charge is 0.507 e. The van der Waals surface area contributed by atoms with Crippen molar-refractivity contribution in [2.45, 2.75) is 0 Å². The Morgan fingerprint density at radius 1 is 0.609 bits per heavy atom. The van der Waals surface area contributed by atoms with E-state index in [4.69, 9.17) is 0 Å². The number of phenolic OH excluding ortho intramolecular Hbond substituents is 1. The summed E-state index contributed by atoms with van der Waals surface area (Å²) in [5.74, 6) is 0.160. The number of hydrogen-bond acceptors (Lipinski definition) is 2. The summed E-state index contributed by atoms with van der Waals surface area (Å²) in [7, 11) is 0. The Morgan fingerprint density at radius 2 is 1.22 bits per heavy atom. The van der Waals surface area contributed by atoms with E-state index in [0.29, 0.717) is 16.5 Å². The van der Waals surface area contributed by atoms with Gasteiger partial charge in [0.2, 0.25) is 0 Å². The molecule has 4 aromatic rings. The Morgan fingerprint density at radius 3 is 2.04 bits per heavy atom. The molecule has 0 heterocycles. The van der Waals surface area contributed by atoms with Crippen LogP contribution >= 0.6 is 0 Å². The Kier molecular flexibility index (Phi) is 3.09. The van der Waals surface area contributed by atoms with Crippen molar-refractivity contribution in [2.24, 2.45) is 0 Å². The van der Waals surface area contributed by atoms with Crippen LogP contribution in [0.15, 0.2) is 78.9 Å². The second-order valence-electron chi connectivity index (χ2n) is 5.53. The van der Waals surface area contributed by atoms with Crippen LogP contribution in [0.25, 0.3) is 21.5 Å². The molecule has 0 spiro atoms. The first-order valence-corrected chi connectivity index (χ1v) is 7.49. The van der Waals surface area contributed by atoms with Gasteiger partial charge in [-0.15, -0.1) is 0 Å². The van der Waals surface area contributed by atoms with Gasteiger partial charge in [0.15, 0.2) is 5.78 Å². The highest BCUT2D eigenvalue weighted by Crippen LogP contribution is 2.30. The third-order valence-corrected chi connectivity index (χ3v) is 4.18. The van der Waals surface area contributed by atoms with Crippen LogP contribution in [0.4, 0.5) is 0 Å². The van der Waals surface area contributed by atoms with Gasteiger partial charge in [0.1, 0.15) is 5.75 Å². The molecule has 0 aliphatic carbocycles. The SMILES string of the molecule is O=C(c1cccc2ccccc12)c1ccc(O)c2ccccc12. The molecular weight excluding hydrogens is 284 g/mol. The predicted octanol–water partition coefficient (Wildman–Crippen LogP) is 4.93. The molecule has 110 valence electrons. The normalized spacial score (nSPS) is 11.0. The van der Waals surface area contributed by atoms with Crippen LogP contribution in [0.1, 0.15) is 15.9 Å². The van der Waals surface area contributed by atoms with Crippen molar-refractivity contribution in [1.29, 1.82) is 0 Å². The van der Waals surface area contributed by atoms with Crippen LogP contribution in [0.3, 0.4) is 0 Å². The maximum Gasteiger partial charge on any atom is 0.194 e. The van der Waals surface area contributed by atoms with Crippen molar-refractivity contribution in [2.75, 3.05) is 0 Å². The number of aromatic hydroxyl groups is 1. The summed E-state index contributed by atoms with van der Waals surface area (Å²) in [6.07, 6.45) is 0. The van der Waals surface area contributed by atoms with E-state index >= 15 is 0 Å². The highest BCUT2D eigenvalue weighted by Gasteiger charge is 2.16. The number of ketones is 1. The van der Waals surface area contributed by atoms with Crippen LogP contribution < -0.4 is 0 Å². The van der Waals surface area contributed by atoms with Crippen molar-refractivity contribution in [3.05, 3.63) is 90.0 Å². The molecule has 4 aromatic carbocycles. The molecule has 0 saturated heterocycles. The van der Waals surface area contributed by atoms with E-state index < -0.39 is 0 Å². The van der Waals surface area contributed by atoms with E-state index in [0.717, 1.165) is 16.2 Å². The summed E-state index contributed by atoms with van der Waals surface area (Å²) >= 11 is 0. The summed E-state index contributed by atoms with van der Waals surface area (Å²) in [6, 6.07) is 24.3. The van der Waals surface area contributed by atoms with E-state index in [1.807, 2.05) is 66.7 Å². The van der Waals surface area contributed by atoms with E-state index in [-0.39, 0.29) is 11.5 Å². The molecule has 0 amide bonds. The minimum Gasteiger partial charge on any atom is -0.507 e. The highest BCUT2D eigenvalue weighted by atomic mass is 16.3. The molecule has 4 rings (SSSR count). The van der Waals surface area contributed by atoms with Gasteiger partial charge in [0, 0.05) is 16.5 Å². The Labute approximate surface area is 133 Å². The van der Waals surface area contributed by atoms with Gasteiger partial charge in [-0.3, -0.25) is 4.79 Å². The molecule has 0 unspecified atom stereocenters. The van der Waals surface area contributed by atoms with Crippen LogP contribution in [0.2, 0.25) is 0 Å². The van der Waals surface area contributed by atoms with Crippen LogP contribution in [0, 0.1) is 0 Å². The number of hydrogen-bond donors (Lipinski definition) is 1. The fourth-order valence-electron chi connectivity index (χ4n) is 3.05. The van der Waals surface area contributed by atoms with Crippen molar-refractivity contribution in [1.82, 2.24) is 0 Å². The second-order valence-corrected chi connectivity index (χ2v) is 5.53. The predicted molar refractivity (Wildman–Crippen MR) is 93.0 cm³/mol. The lowest BCUT2D eigenvalue weighted by Crippen LogP contribution is -2.03. The Balaban J connectivity index is 1.98.